The molecule has 0 spiro atoms. The third-order valence-electron chi connectivity index (χ3n) is 3.58. The minimum atomic E-state index is 0. The van der Waals surface area contributed by atoms with Crippen LogP contribution >= 0.6 is 36.2 Å². The monoisotopic (exact) mass is 339 g/mol. The summed E-state index contributed by atoms with van der Waals surface area (Å²) in [5, 5.41) is 5.58. The van der Waals surface area contributed by atoms with E-state index in [1.165, 1.54) is 31.1 Å². The Kier molecular flexibility index (Phi) is 10.9. The minimum Gasteiger partial charge on any atom is -0.314 e. The van der Waals surface area contributed by atoms with Crippen molar-refractivity contribution < 1.29 is 0 Å². The maximum absolute atomic E-state index is 3.41. The van der Waals surface area contributed by atoms with Crippen molar-refractivity contribution in [3.05, 3.63) is 22.4 Å². The smallest absolute Gasteiger partial charge is 0.0331 e. The molecule has 1 fully saturated rings. The molecule has 20 heavy (non-hydrogen) atoms. The lowest BCUT2D eigenvalue weighted by molar-refractivity contribution is 0.160. The van der Waals surface area contributed by atoms with Crippen molar-refractivity contribution in [3.63, 3.8) is 0 Å². The van der Waals surface area contributed by atoms with Crippen LogP contribution in [0.5, 0.6) is 0 Å². The lowest BCUT2D eigenvalue weighted by Gasteiger charge is -2.32. The third kappa shape index (κ3) is 6.74. The zero-order chi connectivity index (χ0) is 12.8. The van der Waals surface area contributed by atoms with Gasteiger partial charge in [0.1, 0.15) is 0 Å². The minimum absolute atomic E-state index is 0. The molecule has 1 aromatic heterocycles. The summed E-state index contributed by atoms with van der Waals surface area (Å²) in [4.78, 5) is 6.62. The van der Waals surface area contributed by atoms with Crippen molar-refractivity contribution >= 4 is 36.2 Å². The van der Waals surface area contributed by atoms with E-state index >= 15 is 0 Å². The number of nitrogens with one attached hydrogen (secondary N) is 1. The van der Waals surface area contributed by atoms with E-state index in [-0.39, 0.29) is 24.8 Å². The molecule has 0 atom stereocenters. The van der Waals surface area contributed by atoms with E-state index in [0.29, 0.717) is 6.04 Å². The van der Waals surface area contributed by atoms with Crippen molar-refractivity contribution in [1.82, 2.24) is 15.1 Å². The standard InChI is InChI=1S/C14H25N3S.2ClH/c1-13(2)17(12-14-4-3-11-18-14)10-9-16-7-5-15-6-8-16;;/h3-4,11,13,15H,5-10,12H2,1-2H3;2*1H. The fraction of sp³-hybridized carbons (Fsp3) is 0.714. The van der Waals surface area contributed by atoms with Crippen molar-refractivity contribution in [3.8, 4) is 0 Å². The van der Waals surface area contributed by atoms with Gasteiger partial charge in [0, 0.05) is 56.7 Å². The molecule has 1 aromatic rings. The molecule has 0 saturated carbocycles. The molecule has 0 radical (unpaired) electrons. The Morgan fingerprint density at radius 1 is 1.30 bits per heavy atom. The quantitative estimate of drug-likeness (QED) is 0.859. The second kappa shape index (κ2) is 10.8. The van der Waals surface area contributed by atoms with Gasteiger partial charge in [-0.3, -0.25) is 9.80 Å². The van der Waals surface area contributed by atoms with E-state index in [4.69, 9.17) is 0 Å². The van der Waals surface area contributed by atoms with Crippen LogP contribution in [0.1, 0.15) is 18.7 Å². The Balaban J connectivity index is 0.00000180. The third-order valence-corrected chi connectivity index (χ3v) is 4.44. The van der Waals surface area contributed by atoms with Crippen LogP contribution in [0.4, 0.5) is 0 Å². The first-order valence-electron chi connectivity index (χ1n) is 6.95. The second-order valence-corrected chi connectivity index (χ2v) is 6.27. The van der Waals surface area contributed by atoms with Gasteiger partial charge in [-0.15, -0.1) is 36.2 Å². The lowest BCUT2D eigenvalue weighted by Crippen LogP contribution is -2.47. The summed E-state index contributed by atoms with van der Waals surface area (Å²) in [6, 6.07) is 5.01. The largest absolute Gasteiger partial charge is 0.314 e. The van der Waals surface area contributed by atoms with Crippen LogP contribution in [0.3, 0.4) is 0 Å². The molecule has 1 aliphatic heterocycles. The fourth-order valence-electron chi connectivity index (χ4n) is 2.33. The van der Waals surface area contributed by atoms with Gasteiger partial charge in [-0.25, -0.2) is 0 Å². The normalized spacial score (nSPS) is 16.0. The highest BCUT2D eigenvalue weighted by molar-refractivity contribution is 7.09. The van der Waals surface area contributed by atoms with Crippen LogP contribution < -0.4 is 5.32 Å². The molecule has 0 bridgehead atoms. The van der Waals surface area contributed by atoms with E-state index in [9.17, 15) is 0 Å². The van der Waals surface area contributed by atoms with Gasteiger partial charge in [-0.05, 0) is 25.3 Å². The molecule has 2 rings (SSSR count). The first-order chi connectivity index (χ1) is 8.75. The second-order valence-electron chi connectivity index (χ2n) is 5.24. The number of nitrogens with zero attached hydrogens (tertiary/aromatic N) is 2. The average Bonchev–Trinajstić information content (AvgIpc) is 2.88. The molecule has 3 nitrogen and oxygen atoms in total. The zero-order valence-electron chi connectivity index (χ0n) is 12.4. The van der Waals surface area contributed by atoms with Crippen molar-refractivity contribution in [2.24, 2.45) is 0 Å². The Bertz CT molecular complexity index is 327. The van der Waals surface area contributed by atoms with E-state index < -0.39 is 0 Å². The average molecular weight is 340 g/mol. The Hall–Kier alpha value is 0.160. The van der Waals surface area contributed by atoms with Gasteiger partial charge in [0.25, 0.3) is 0 Å². The molecule has 118 valence electrons. The number of rotatable bonds is 6. The first kappa shape index (κ1) is 20.2. The Labute approximate surface area is 139 Å². The van der Waals surface area contributed by atoms with Crippen molar-refractivity contribution in [1.29, 1.82) is 0 Å². The number of halogens is 2. The van der Waals surface area contributed by atoms with E-state index in [1.807, 2.05) is 11.3 Å². The number of thiophene rings is 1. The molecule has 0 aromatic carbocycles. The van der Waals surface area contributed by atoms with Gasteiger partial charge < -0.3 is 5.32 Å². The van der Waals surface area contributed by atoms with Crippen LogP contribution in [-0.2, 0) is 6.54 Å². The first-order valence-corrected chi connectivity index (χ1v) is 7.83. The molecule has 0 unspecified atom stereocenters. The van der Waals surface area contributed by atoms with E-state index in [2.05, 4.69) is 46.5 Å². The predicted octanol–water partition coefficient (Wildman–Crippen LogP) is 2.71. The SMILES string of the molecule is CC(C)N(CCN1CCNCC1)Cc1cccs1.Cl.Cl. The molecule has 0 aliphatic carbocycles. The summed E-state index contributed by atoms with van der Waals surface area (Å²) in [7, 11) is 0. The molecule has 0 amide bonds. The molecular weight excluding hydrogens is 313 g/mol. The molecular formula is C14H27Cl2N3S. The van der Waals surface area contributed by atoms with Crippen molar-refractivity contribution in [2.45, 2.75) is 26.4 Å². The van der Waals surface area contributed by atoms with Gasteiger partial charge in [0.05, 0.1) is 0 Å². The summed E-state index contributed by atoms with van der Waals surface area (Å²) in [6.45, 7) is 12.8. The Morgan fingerprint density at radius 3 is 2.55 bits per heavy atom. The summed E-state index contributed by atoms with van der Waals surface area (Å²) >= 11 is 1.86. The zero-order valence-corrected chi connectivity index (χ0v) is 14.8. The van der Waals surface area contributed by atoms with Crippen LogP contribution in [0.15, 0.2) is 17.5 Å². The molecule has 6 heteroatoms. The molecule has 1 N–H and O–H groups in total. The number of hydrogen-bond donors (Lipinski definition) is 1. The van der Waals surface area contributed by atoms with Gasteiger partial charge in [-0.2, -0.15) is 0 Å². The summed E-state index contributed by atoms with van der Waals surface area (Å²) in [5.74, 6) is 0. The maximum Gasteiger partial charge on any atom is 0.0331 e. The molecule has 2 heterocycles. The van der Waals surface area contributed by atoms with Crippen molar-refractivity contribution in [2.75, 3.05) is 39.3 Å². The number of piperazine rings is 1. The highest BCUT2D eigenvalue weighted by atomic mass is 35.5. The Morgan fingerprint density at radius 2 is 2.00 bits per heavy atom. The van der Waals surface area contributed by atoms with Gasteiger partial charge >= 0.3 is 0 Å². The van der Waals surface area contributed by atoms with Gasteiger partial charge in [0.2, 0.25) is 0 Å². The molecule has 1 saturated heterocycles. The van der Waals surface area contributed by atoms with E-state index in [1.54, 1.807) is 0 Å². The van der Waals surface area contributed by atoms with Crippen LogP contribution in [0, 0.1) is 0 Å². The van der Waals surface area contributed by atoms with Gasteiger partial charge in [-0.1, -0.05) is 6.07 Å². The highest BCUT2D eigenvalue weighted by Gasteiger charge is 2.14. The fourth-order valence-corrected chi connectivity index (χ4v) is 3.06. The highest BCUT2D eigenvalue weighted by Crippen LogP contribution is 2.13. The van der Waals surface area contributed by atoms with Crippen LogP contribution in [0.2, 0.25) is 0 Å². The maximum atomic E-state index is 3.41. The predicted molar refractivity (Wildman–Crippen MR) is 93.7 cm³/mol. The number of hydrogen-bond acceptors (Lipinski definition) is 4. The van der Waals surface area contributed by atoms with Gasteiger partial charge in [0.15, 0.2) is 0 Å². The summed E-state index contributed by atoms with van der Waals surface area (Å²) in [5.41, 5.74) is 0. The summed E-state index contributed by atoms with van der Waals surface area (Å²) < 4.78 is 0. The van der Waals surface area contributed by atoms with E-state index in [0.717, 1.165) is 19.6 Å². The van der Waals surface area contributed by atoms with Crippen LogP contribution in [0.25, 0.3) is 0 Å². The molecule has 1 aliphatic rings. The van der Waals surface area contributed by atoms with Crippen LogP contribution in [-0.4, -0.2) is 55.1 Å². The lowest BCUT2D eigenvalue weighted by atomic mass is 10.2. The topological polar surface area (TPSA) is 18.5 Å². The summed E-state index contributed by atoms with van der Waals surface area (Å²) in [6.07, 6.45) is 0.